The predicted octanol–water partition coefficient (Wildman–Crippen LogP) is 1.99. The molecule has 2 rings (SSSR count). The molecule has 1 aliphatic carbocycles. The summed E-state index contributed by atoms with van der Waals surface area (Å²) >= 11 is 0. The number of rotatable bonds is 4. The van der Waals surface area contributed by atoms with Crippen molar-refractivity contribution in [2.45, 2.75) is 29.4 Å². The number of hydrogen-bond donors (Lipinski definition) is 1. The second-order valence-corrected chi connectivity index (χ2v) is 6.76. The Hall–Kier alpha value is -1.50. The van der Waals surface area contributed by atoms with Crippen LogP contribution >= 0.6 is 0 Å². The third-order valence-electron chi connectivity index (χ3n) is 3.57. The van der Waals surface area contributed by atoms with Crippen molar-refractivity contribution in [3.05, 3.63) is 29.8 Å². The molecule has 104 valence electrons. The smallest absolute Gasteiger partial charge is 0.325 e. The first-order chi connectivity index (χ1) is 8.77. The normalized spacial score (nSPS) is 26.2. The van der Waals surface area contributed by atoms with Crippen LogP contribution in [0.15, 0.2) is 23.1 Å². The summed E-state index contributed by atoms with van der Waals surface area (Å²) in [5.41, 5.74) is 0. The lowest BCUT2D eigenvalue weighted by atomic mass is 10.2. The van der Waals surface area contributed by atoms with Gasteiger partial charge in [0.2, 0.25) is 0 Å². The summed E-state index contributed by atoms with van der Waals surface area (Å²) < 4.78 is 49.3. The molecule has 1 fully saturated rings. The maximum Gasteiger partial charge on any atom is 0.325 e. The third kappa shape index (κ3) is 1.83. The van der Waals surface area contributed by atoms with Crippen molar-refractivity contribution in [1.29, 1.82) is 0 Å². The van der Waals surface area contributed by atoms with Gasteiger partial charge >= 0.3 is 5.97 Å². The number of hydrogen-bond acceptors (Lipinski definition) is 3. The number of carboxylic acid groups (broad SMARTS) is 1. The van der Waals surface area contributed by atoms with E-state index in [1.807, 2.05) is 0 Å². The van der Waals surface area contributed by atoms with E-state index in [1.54, 1.807) is 6.92 Å². The quantitative estimate of drug-likeness (QED) is 0.920. The lowest BCUT2D eigenvalue weighted by Gasteiger charge is -2.14. The van der Waals surface area contributed by atoms with Crippen LogP contribution in [0.3, 0.4) is 0 Å². The van der Waals surface area contributed by atoms with E-state index >= 15 is 0 Å². The van der Waals surface area contributed by atoms with Crippen molar-refractivity contribution in [3.63, 3.8) is 0 Å². The van der Waals surface area contributed by atoms with E-state index in [9.17, 15) is 22.0 Å². The van der Waals surface area contributed by atoms with Crippen molar-refractivity contribution in [1.82, 2.24) is 0 Å². The summed E-state index contributed by atoms with van der Waals surface area (Å²) in [6, 6.07) is 1.99. The van der Waals surface area contributed by atoms with Crippen molar-refractivity contribution < 1.29 is 27.1 Å². The van der Waals surface area contributed by atoms with Crippen LogP contribution in [-0.4, -0.2) is 24.2 Å². The highest BCUT2D eigenvalue weighted by Gasteiger charge is 2.69. The van der Waals surface area contributed by atoms with Gasteiger partial charge in [-0.25, -0.2) is 17.2 Å². The summed E-state index contributed by atoms with van der Waals surface area (Å²) in [6.45, 7) is 1.66. The molecule has 0 spiro atoms. The van der Waals surface area contributed by atoms with E-state index in [0.717, 1.165) is 6.07 Å². The minimum absolute atomic E-state index is 0.0723. The molecular weight excluding hydrogens is 278 g/mol. The first kappa shape index (κ1) is 13.9. The van der Waals surface area contributed by atoms with Crippen molar-refractivity contribution in [2.24, 2.45) is 5.92 Å². The lowest BCUT2D eigenvalue weighted by Crippen LogP contribution is -2.35. The highest BCUT2D eigenvalue weighted by molar-refractivity contribution is 7.94. The maximum absolute atomic E-state index is 13.6. The van der Waals surface area contributed by atoms with Crippen LogP contribution in [0.25, 0.3) is 0 Å². The summed E-state index contributed by atoms with van der Waals surface area (Å²) in [6.07, 6.45) is 0.277. The van der Waals surface area contributed by atoms with Crippen LogP contribution in [0.5, 0.6) is 0 Å². The first-order valence-corrected chi connectivity index (χ1v) is 7.18. The minimum atomic E-state index is -4.46. The molecule has 4 nitrogen and oxygen atoms in total. The molecule has 0 aromatic heterocycles. The minimum Gasteiger partial charge on any atom is -0.480 e. The summed E-state index contributed by atoms with van der Waals surface area (Å²) in [7, 11) is -4.46. The molecule has 7 heteroatoms. The Bertz CT molecular complexity index is 641. The van der Waals surface area contributed by atoms with Gasteiger partial charge in [0.15, 0.2) is 14.6 Å². The van der Waals surface area contributed by atoms with Crippen molar-refractivity contribution in [2.75, 3.05) is 0 Å². The average molecular weight is 290 g/mol. The fourth-order valence-electron chi connectivity index (χ4n) is 2.37. The summed E-state index contributed by atoms with van der Waals surface area (Å²) in [4.78, 5) is 10.4. The largest absolute Gasteiger partial charge is 0.480 e. The van der Waals surface area contributed by atoms with Crippen molar-refractivity contribution >= 4 is 15.8 Å². The number of carbonyl (C=O) groups is 1. The van der Waals surface area contributed by atoms with Gasteiger partial charge in [0.25, 0.3) is 0 Å². The molecule has 0 heterocycles. The van der Waals surface area contributed by atoms with Crippen LogP contribution in [0.1, 0.15) is 19.8 Å². The van der Waals surface area contributed by atoms with Crippen LogP contribution in [0, 0.1) is 17.6 Å². The molecule has 0 bridgehead atoms. The molecule has 1 saturated carbocycles. The second kappa shape index (κ2) is 4.26. The fourth-order valence-corrected chi connectivity index (χ4v) is 4.61. The molecule has 1 aromatic rings. The molecule has 2 atom stereocenters. The van der Waals surface area contributed by atoms with E-state index in [4.69, 9.17) is 5.11 Å². The van der Waals surface area contributed by atoms with E-state index in [2.05, 4.69) is 0 Å². The van der Waals surface area contributed by atoms with Crippen LogP contribution in [0.2, 0.25) is 0 Å². The zero-order valence-electron chi connectivity index (χ0n) is 10.1. The molecule has 1 aliphatic rings. The predicted molar refractivity (Wildman–Crippen MR) is 62.3 cm³/mol. The van der Waals surface area contributed by atoms with E-state index in [1.165, 1.54) is 0 Å². The molecule has 0 amide bonds. The first-order valence-electron chi connectivity index (χ1n) is 5.70. The van der Waals surface area contributed by atoms with Gasteiger partial charge in [-0.05, 0) is 30.5 Å². The molecule has 1 aromatic carbocycles. The van der Waals surface area contributed by atoms with Gasteiger partial charge in [0, 0.05) is 0 Å². The molecule has 1 N–H and O–H groups in total. The lowest BCUT2D eigenvalue weighted by molar-refractivity contribution is -0.137. The highest BCUT2D eigenvalue weighted by atomic mass is 32.2. The van der Waals surface area contributed by atoms with E-state index in [-0.39, 0.29) is 6.42 Å². The Morgan fingerprint density at radius 1 is 1.47 bits per heavy atom. The number of halogens is 2. The van der Waals surface area contributed by atoms with Gasteiger partial charge in [-0.3, -0.25) is 4.79 Å². The standard InChI is InChI=1S/C12H12F2O4S/c1-2-7-6-12(7,11(15)16)19(17,18)10-5-8(13)3-4-9(10)14/h3-5,7H,2,6H2,1H3,(H,15,16). The van der Waals surface area contributed by atoms with Crippen LogP contribution in [0.4, 0.5) is 8.78 Å². The average Bonchev–Trinajstić information content (AvgIpc) is 3.08. The maximum atomic E-state index is 13.6. The monoisotopic (exact) mass is 290 g/mol. The second-order valence-electron chi connectivity index (χ2n) is 4.58. The van der Waals surface area contributed by atoms with E-state index in [0.29, 0.717) is 18.6 Å². The van der Waals surface area contributed by atoms with Crippen LogP contribution < -0.4 is 0 Å². The Morgan fingerprint density at radius 2 is 2.11 bits per heavy atom. The molecule has 0 saturated heterocycles. The third-order valence-corrected chi connectivity index (χ3v) is 6.09. The zero-order chi connectivity index (χ0) is 14.4. The van der Waals surface area contributed by atoms with Crippen molar-refractivity contribution in [3.8, 4) is 0 Å². The molecular formula is C12H12F2O4S. The molecule has 19 heavy (non-hydrogen) atoms. The van der Waals surface area contributed by atoms with Gasteiger partial charge in [-0.2, -0.15) is 0 Å². The van der Waals surface area contributed by atoms with E-state index < -0.39 is 43.0 Å². The molecule has 2 unspecified atom stereocenters. The van der Waals surface area contributed by atoms with Gasteiger partial charge in [0.1, 0.15) is 16.5 Å². The zero-order valence-corrected chi connectivity index (χ0v) is 10.9. The SMILES string of the molecule is CCC1CC1(C(=O)O)S(=O)(=O)c1cc(F)ccc1F. The van der Waals surface area contributed by atoms with Gasteiger partial charge in [0.05, 0.1) is 0 Å². The van der Waals surface area contributed by atoms with Gasteiger partial charge < -0.3 is 5.11 Å². The summed E-state index contributed by atoms with van der Waals surface area (Å²) in [5.74, 6) is -4.14. The Kier molecular flexibility index (Phi) is 3.12. The Morgan fingerprint density at radius 3 is 2.58 bits per heavy atom. The fraction of sp³-hybridized carbons (Fsp3) is 0.417. The Balaban J connectivity index is 2.60. The topological polar surface area (TPSA) is 71.4 Å². The number of carboxylic acids is 1. The highest BCUT2D eigenvalue weighted by Crippen LogP contribution is 2.54. The number of aliphatic carboxylic acids is 1. The summed E-state index contributed by atoms with van der Waals surface area (Å²) in [5, 5.41) is 9.17. The van der Waals surface area contributed by atoms with Crippen LogP contribution in [-0.2, 0) is 14.6 Å². The number of benzene rings is 1. The molecule has 0 aliphatic heterocycles. The number of sulfone groups is 1. The molecule has 0 radical (unpaired) electrons. The van der Waals surface area contributed by atoms with Gasteiger partial charge in [-0.15, -0.1) is 0 Å². The van der Waals surface area contributed by atoms with Gasteiger partial charge in [-0.1, -0.05) is 13.3 Å². The Labute approximate surface area is 109 Å².